The van der Waals surface area contributed by atoms with E-state index in [1.807, 2.05) is 0 Å². The molecule has 0 unspecified atom stereocenters. The zero-order valence-electron chi connectivity index (χ0n) is 9.38. The van der Waals surface area contributed by atoms with E-state index in [2.05, 4.69) is 4.98 Å². The number of nitrogens with zero attached hydrogens (tertiary/aromatic N) is 2. The number of anilines is 1. The summed E-state index contributed by atoms with van der Waals surface area (Å²) in [6.07, 6.45) is 0. The molecular weight excluding hydrogens is 210 g/mol. The molecule has 0 bridgehead atoms. The number of halogens is 2. The van der Waals surface area contributed by atoms with Gasteiger partial charge in [-0.05, 0) is 25.1 Å². The molecule has 2 aromatic rings. The van der Waals surface area contributed by atoms with Crippen molar-refractivity contribution < 1.29 is 8.78 Å². The standard InChI is InChI=1S/C12H12F2N2/c1-7-6-10(16(2)3)11-8(13)4-5-9(14)12(11)15-7/h4-6H,1-3H3. The lowest BCUT2D eigenvalue weighted by Gasteiger charge is -2.16. The molecule has 0 fully saturated rings. The molecule has 1 aromatic carbocycles. The van der Waals surface area contributed by atoms with Gasteiger partial charge in [0, 0.05) is 19.8 Å². The van der Waals surface area contributed by atoms with Gasteiger partial charge in [-0.15, -0.1) is 0 Å². The van der Waals surface area contributed by atoms with Crippen molar-refractivity contribution in [2.75, 3.05) is 19.0 Å². The summed E-state index contributed by atoms with van der Waals surface area (Å²) in [6, 6.07) is 3.97. The van der Waals surface area contributed by atoms with Crippen LogP contribution in [0.1, 0.15) is 5.69 Å². The van der Waals surface area contributed by atoms with Gasteiger partial charge >= 0.3 is 0 Å². The fourth-order valence-corrected chi connectivity index (χ4v) is 1.73. The second kappa shape index (κ2) is 3.70. The predicted octanol–water partition coefficient (Wildman–Crippen LogP) is 2.89. The summed E-state index contributed by atoms with van der Waals surface area (Å²) >= 11 is 0. The average Bonchev–Trinajstić information content (AvgIpc) is 2.22. The van der Waals surface area contributed by atoms with Crippen LogP contribution in [0.3, 0.4) is 0 Å². The second-order valence-electron chi connectivity index (χ2n) is 3.93. The zero-order valence-corrected chi connectivity index (χ0v) is 9.38. The molecule has 16 heavy (non-hydrogen) atoms. The second-order valence-corrected chi connectivity index (χ2v) is 3.93. The van der Waals surface area contributed by atoms with Gasteiger partial charge in [0.05, 0.1) is 11.1 Å². The van der Waals surface area contributed by atoms with E-state index in [1.165, 1.54) is 0 Å². The van der Waals surface area contributed by atoms with Gasteiger partial charge in [0.1, 0.15) is 17.2 Å². The van der Waals surface area contributed by atoms with Crippen LogP contribution in [-0.4, -0.2) is 19.1 Å². The smallest absolute Gasteiger partial charge is 0.149 e. The van der Waals surface area contributed by atoms with Crippen molar-refractivity contribution >= 4 is 16.6 Å². The Kier molecular flexibility index (Phi) is 2.50. The Labute approximate surface area is 92.5 Å². The molecule has 0 aliphatic rings. The van der Waals surface area contributed by atoms with E-state index in [1.54, 1.807) is 32.0 Å². The minimum absolute atomic E-state index is 0.0868. The molecule has 0 aliphatic heterocycles. The van der Waals surface area contributed by atoms with Gasteiger partial charge in [-0.25, -0.2) is 13.8 Å². The molecule has 0 N–H and O–H groups in total. The molecule has 84 valence electrons. The van der Waals surface area contributed by atoms with Gasteiger partial charge in [0.25, 0.3) is 0 Å². The van der Waals surface area contributed by atoms with E-state index < -0.39 is 11.6 Å². The van der Waals surface area contributed by atoms with Crippen LogP contribution in [0.5, 0.6) is 0 Å². The summed E-state index contributed by atoms with van der Waals surface area (Å²) in [6.45, 7) is 1.76. The fourth-order valence-electron chi connectivity index (χ4n) is 1.73. The molecular formula is C12H12F2N2. The third-order valence-electron chi connectivity index (χ3n) is 2.45. The highest BCUT2D eigenvalue weighted by atomic mass is 19.1. The molecule has 2 nitrogen and oxygen atoms in total. The van der Waals surface area contributed by atoms with Crippen LogP contribution < -0.4 is 4.90 Å². The van der Waals surface area contributed by atoms with Gasteiger partial charge in [0.2, 0.25) is 0 Å². The highest BCUT2D eigenvalue weighted by Crippen LogP contribution is 2.29. The first-order chi connectivity index (χ1) is 7.50. The van der Waals surface area contributed by atoms with Crippen LogP contribution in [0, 0.1) is 18.6 Å². The minimum Gasteiger partial charge on any atom is -0.377 e. The summed E-state index contributed by atoms with van der Waals surface area (Å²) in [7, 11) is 3.58. The van der Waals surface area contributed by atoms with Gasteiger partial charge in [-0.3, -0.25) is 0 Å². The number of hydrogen-bond donors (Lipinski definition) is 0. The first kappa shape index (κ1) is 10.8. The van der Waals surface area contributed by atoms with Crippen molar-refractivity contribution in [3.63, 3.8) is 0 Å². The van der Waals surface area contributed by atoms with E-state index in [4.69, 9.17) is 0 Å². The van der Waals surface area contributed by atoms with Crippen LogP contribution >= 0.6 is 0 Å². The van der Waals surface area contributed by atoms with Crippen molar-refractivity contribution in [3.05, 3.63) is 35.5 Å². The monoisotopic (exact) mass is 222 g/mol. The molecule has 0 amide bonds. The maximum atomic E-state index is 13.7. The van der Waals surface area contributed by atoms with Crippen molar-refractivity contribution in [1.29, 1.82) is 0 Å². The van der Waals surface area contributed by atoms with Crippen molar-refractivity contribution in [2.24, 2.45) is 0 Å². The lowest BCUT2D eigenvalue weighted by atomic mass is 10.1. The normalized spacial score (nSPS) is 10.8. The lowest BCUT2D eigenvalue weighted by molar-refractivity contribution is 0.615. The van der Waals surface area contributed by atoms with Gasteiger partial charge in [0.15, 0.2) is 0 Å². The summed E-state index contributed by atoms with van der Waals surface area (Å²) in [5.41, 5.74) is 1.39. The quantitative estimate of drug-likeness (QED) is 0.737. The molecule has 0 radical (unpaired) electrons. The Morgan fingerprint density at radius 1 is 1.12 bits per heavy atom. The maximum absolute atomic E-state index is 13.7. The first-order valence-electron chi connectivity index (χ1n) is 4.93. The lowest BCUT2D eigenvalue weighted by Crippen LogP contribution is -2.11. The number of fused-ring (bicyclic) bond motifs is 1. The molecule has 4 heteroatoms. The van der Waals surface area contributed by atoms with Crippen LogP contribution in [0.25, 0.3) is 10.9 Å². The van der Waals surface area contributed by atoms with Crippen LogP contribution in [0.4, 0.5) is 14.5 Å². The van der Waals surface area contributed by atoms with E-state index in [0.717, 1.165) is 12.1 Å². The molecule has 1 aromatic heterocycles. The Hall–Kier alpha value is -1.71. The molecule has 2 rings (SSSR count). The van der Waals surface area contributed by atoms with Crippen molar-refractivity contribution in [1.82, 2.24) is 4.98 Å². The summed E-state index contributed by atoms with van der Waals surface area (Å²) in [5.74, 6) is -0.948. The first-order valence-corrected chi connectivity index (χ1v) is 4.93. The summed E-state index contributed by atoms with van der Waals surface area (Å²) in [4.78, 5) is 5.79. The van der Waals surface area contributed by atoms with E-state index in [9.17, 15) is 8.78 Å². The Morgan fingerprint density at radius 2 is 1.75 bits per heavy atom. The van der Waals surface area contributed by atoms with Crippen LogP contribution in [0.15, 0.2) is 18.2 Å². The molecule has 0 saturated heterocycles. The summed E-state index contributed by atoms with van der Waals surface area (Å²) in [5, 5.41) is 0.232. The van der Waals surface area contributed by atoms with Gasteiger partial charge in [-0.2, -0.15) is 0 Å². The van der Waals surface area contributed by atoms with Gasteiger partial charge < -0.3 is 4.90 Å². The highest BCUT2D eigenvalue weighted by Gasteiger charge is 2.13. The van der Waals surface area contributed by atoms with E-state index >= 15 is 0 Å². The topological polar surface area (TPSA) is 16.1 Å². The number of aryl methyl sites for hydroxylation is 1. The third kappa shape index (κ3) is 1.60. The third-order valence-corrected chi connectivity index (χ3v) is 2.45. The molecule has 0 aliphatic carbocycles. The Balaban J connectivity index is 2.95. The SMILES string of the molecule is Cc1cc(N(C)C)c2c(F)ccc(F)c2n1. The Bertz CT molecular complexity index is 550. The molecule has 1 heterocycles. The maximum Gasteiger partial charge on any atom is 0.149 e. The molecule has 0 saturated carbocycles. The van der Waals surface area contributed by atoms with Gasteiger partial charge in [-0.1, -0.05) is 0 Å². The number of pyridine rings is 1. The number of aromatic nitrogens is 1. The number of hydrogen-bond acceptors (Lipinski definition) is 2. The number of rotatable bonds is 1. The van der Waals surface area contributed by atoms with Crippen molar-refractivity contribution in [2.45, 2.75) is 6.92 Å². The van der Waals surface area contributed by atoms with Crippen LogP contribution in [-0.2, 0) is 0 Å². The highest BCUT2D eigenvalue weighted by molar-refractivity contribution is 5.92. The number of benzene rings is 1. The Morgan fingerprint density at radius 3 is 2.38 bits per heavy atom. The van der Waals surface area contributed by atoms with Crippen LogP contribution in [0.2, 0.25) is 0 Å². The van der Waals surface area contributed by atoms with E-state index in [-0.39, 0.29) is 10.9 Å². The fraction of sp³-hybridized carbons (Fsp3) is 0.250. The van der Waals surface area contributed by atoms with E-state index in [0.29, 0.717) is 11.4 Å². The summed E-state index contributed by atoms with van der Waals surface area (Å²) < 4.78 is 27.2. The largest absolute Gasteiger partial charge is 0.377 e. The minimum atomic E-state index is -0.497. The molecule has 0 atom stereocenters. The van der Waals surface area contributed by atoms with Crippen molar-refractivity contribution in [3.8, 4) is 0 Å². The zero-order chi connectivity index (χ0) is 11.9. The average molecular weight is 222 g/mol. The molecule has 0 spiro atoms. The predicted molar refractivity (Wildman–Crippen MR) is 60.7 cm³/mol.